The SMILES string of the molecule is O=C(NCCc1c[nH]c2ccccc12)c1cc2c(s1)CCCC2. The third kappa shape index (κ3) is 2.91. The number of aromatic amines is 1. The third-order valence-electron chi connectivity index (χ3n) is 4.58. The molecule has 23 heavy (non-hydrogen) atoms. The van der Waals surface area contributed by atoms with Crippen LogP contribution in [0.15, 0.2) is 36.5 Å². The Morgan fingerprint density at radius 3 is 3.00 bits per heavy atom. The zero-order valence-corrected chi connectivity index (χ0v) is 13.8. The van der Waals surface area contributed by atoms with Crippen LogP contribution in [0.1, 0.15) is 38.5 Å². The van der Waals surface area contributed by atoms with E-state index in [1.807, 2.05) is 12.3 Å². The number of hydrogen-bond acceptors (Lipinski definition) is 2. The zero-order valence-electron chi connectivity index (χ0n) is 13.0. The number of thiophene rings is 1. The summed E-state index contributed by atoms with van der Waals surface area (Å²) in [7, 11) is 0. The summed E-state index contributed by atoms with van der Waals surface area (Å²) in [6.45, 7) is 0.670. The quantitative estimate of drug-likeness (QED) is 0.746. The van der Waals surface area contributed by atoms with Crippen molar-refractivity contribution < 1.29 is 4.79 Å². The Balaban J connectivity index is 1.39. The molecule has 0 spiro atoms. The number of benzene rings is 1. The van der Waals surface area contributed by atoms with Crippen molar-refractivity contribution in [2.24, 2.45) is 0 Å². The molecule has 1 aromatic carbocycles. The van der Waals surface area contributed by atoms with Crippen LogP contribution in [0.5, 0.6) is 0 Å². The predicted molar refractivity (Wildman–Crippen MR) is 95.3 cm³/mol. The Morgan fingerprint density at radius 1 is 1.22 bits per heavy atom. The summed E-state index contributed by atoms with van der Waals surface area (Å²) in [6, 6.07) is 10.4. The third-order valence-corrected chi connectivity index (χ3v) is 5.81. The summed E-state index contributed by atoms with van der Waals surface area (Å²) >= 11 is 1.68. The van der Waals surface area contributed by atoms with Gasteiger partial charge < -0.3 is 10.3 Å². The molecule has 0 fully saturated rings. The highest BCUT2D eigenvalue weighted by atomic mass is 32.1. The van der Waals surface area contributed by atoms with Crippen molar-refractivity contribution in [3.8, 4) is 0 Å². The fourth-order valence-corrected chi connectivity index (χ4v) is 4.51. The minimum absolute atomic E-state index is 0.0734. The maximum absolute atomic E-state index is 12.3. The number of fused-ring (bicyclic) bond motifs is 2. The number of carbonyl (C=O) groups is 1. The normalized spacial score (nSPS) is 13.9. The lowest BCUT2D eigenvalue weighted by Crippen LogP contribution is -2.24. The Kier molecular flexibility index (Phi) is 3.92. The van der Waals surface area contributed by atoms with Crippen molar-refractivity contribution in [1.29, 1.82) is 0 Å². The van der Waals surface area contributed by atoms with Crippen molar-refractivity contribution in [1.82, 2.24) is 10.3 Å². The second-order valence-electron chi connectivity index (χ2n) is 6.13. The number of aryl methyl sites for hydroxylation is 2. The van der Waals surface area contributed by atoms with E-state index in [-0.39, 0.29) is 5.91 Å². The fraction of sp³-hybridized carbons (Fsp3) is 0.316. The number of aromatic nitrogens is 1. The molecule has 0 aliphatic heterocycles. The predicted octanol–water partition coefficient (Wildman–Crippen LogP) is 4.08. The Hall–Kier alpha value is -2.07. The van der Waals surface area contributed by atoms with Crippen molar-refractivity contribution in [3.05, 3.63) is 57.4 Å². The summed E-state index contributed by atoms with van der Waals surface area (Å²) in [5.74, 6) is 0.0734. The smallest absolute Gasteiger partial charge is 0.261 e. The molecule has 0 saturated heterocycles. The molecule has 0 bridgehead atoms. The topological polar surface area (TPSA) is 44.9 Å². The van der Waals surface area contributed by atoms with E-state index in [9.17, 15) is 4.79 Å². The second kappa shape index (κ2) is 6.20. The van der Waals surface area contributed by atoms with Gasteiger partial charge in [-0.3, -0.25) is 4.79 Å². The molecular weight excluding hydrogens is 304 g/mol. The van der Waals surface area contributed by atoms with Gasteiger partial charge in [-0.25, -0.2) is 0 Å². The first-order chi connectivity index (χ1) is 11.3. The lowest BCUT2D eigenvalue weighted by atomic mass is 9.99. The standard InChI is InChI=1S/C19H20N2OS/c22-19(18-11-13-5-1-4-8-17(13)23-18)20-10-9-14-12-21-16-7-3-2-6-15(14)16/h2-3,6-7,11-12,21H,1,4-5,8-10H2,(H,20,22). The minimum Gasteiger partial charge on any atom is -0.361 e. The highest BCUT2D eigenvalue weighted by molar-refractivity contribution is 7.14. The van der Waals surface area contributed by atoms with E-state index in [0.717, 1.165) is 29.7 Å². The Bertz CT molecular complexity index is 823. The molecule has 2 aromatic heterocycles. The molecule has 4 rings (SSSR count). The van der Waals surface area contributed by atoms with Crippen molar-refractivity contribution >= 4 is 28.1 Å². The lowest BCUT2D eigenvalue weighted by Gasteiger charge is -2.08. The van der Waals surface area contributed by atoms with E-state index in [4.69, 9.17) is 0 Å². The number of rotatable bonds is 4. The van der Waals surface area contributed by atoms with E-state index in [0.29, 0.717) is 6.54 Å². The van der Waals surface area contributed by atoms with Gasteiger partial charge in [0.2, 0.25) is 0 Å². The molecule has 2 N–H and O–H groups in total. The molecule has 4 heteroatoms. The Labute approximate surface area is 139 Å². The molecular formula is C19H20N2OS. The molecule has 0 radical (unpaired) electrons. The first kappa shape index (κ1) is 14.5. The molecule has 3 aromatic rings. The summed E-state index contributed by atoms with van der Waals surface area (Å²) < 4.78 is 0. The summed E-state index contributed by atoms with van der Waals surface area (Å²) in [5, 5.41) is 4.31. The van der Waals surface area contributed by atoms with Gasteiger partial charge in [-0.1, -0.05) is 18.2 Å². The highest BCUT2D eigenvalue weighted by Crippen LogP contribution is 2.29. The van der Waals surface area contributed by atoms with Gasteiger partial charge >= 0.3 is 0 Å². The van der Waals surface area contributed by atoms with Gasteiger partial charge in [-0.05, 0) is 55.4 Å². The van der Waals surface area contributed by atoms with E-state index < -0.39 is 0 Å². The number of hydrogen-bond donors (Lipinski definition) is 2. The molecule has 0 saturated carbocycles. The van der Waals surface area contributed by atoms with Crippen LogP contribution in [-0.4, -0.2) is 17.4 Å². The van der Waals surface area contributed by atoms with Gasteiger partial charge in [-0.2, -0.15) is 0 Å². The van der Waals surface area contributed by atoms with Gasteiger partial charge in [0.25, 0.3) is 5.91 Å². The second-order valence-corrected chi connectivity index (χ2v) is 7.27. The number of H-pyrrole nitrogens is 1. The zero-order chi connectivity index (χ0) is 15.6. The largest absolute Gasteiger partial charge is 0.361 e. The van der Waals surface area contributed by atoms with E-state index in [2.05, 4.69) is 34.6 Å². The molecule has 3 nitrogen and oxygen atoms in total. The van der Waals surface area contributed by atoms with Crippen LogP contribution in [0, 0.1) is 0 Å². The van der Waals surface area contributed by atoms with Crippen molar-refractivity contribution in [2.45, 2.75) is 32.1 Å². The summed E-state index contributed by atoms with van der Waals surface area (Å²) in [5.41, 5.74) is 3.80. The van der Waals surface area contributed by atoms with E-state index >= 15 is 0 Å². The summed E-state index contributed by atoms with van der Waals surface area (Å²) in [4.78, 5) is 17.9. The van der Waals surface area contributed by atoms with Crippen LogP contribution in [-0.2, 0) is 19.3 Å². The maximum Gasteiger partial charge on any atom is 0.261 e. The molecule has 1 aliphatic rings. The van der Waals surface area contributed by atoms with Crippen LogP contribution in [0.4, 0.5) is 0 Å². The van der Waals surface area contributed by atoms with Crippen LogP contribution in [0.2, 0.25) is 0 Å². The minimum atomic E-state index is 0.0734. The maximum atomic E-state index is 12.3. The molecule has 0 unspecified atom stereocenters. The van der Waals surface area contributed by atoms with Crippen LogP contribution in [0.25, 0.3) is 10.9 Å². The average Bonchev–Trinajstić information content (AvgIpc) is 3.19. The average molecular weight is 324 g/mol. The first-order valence-electron chi connectivity index (χ1n) is 8.26. The number of para-hydroxylation sites is 1. The molecule has 0 atom stereocenters. The monoisotopic (exact) mass is 324 g/mol. The first-order valence-corrected chi connectivity index (χ1v) is 9.08. The van der Waals surface area contributed by atoms with E-state index in [1.165, 1.54) is 34.2 Å². The van der Waals surface area contributed by atoms with Crippen molar-refractivity contribution in [2.75, 3.05) is 6.54 Å². The fourth-order valence-electron chi connectivity index (χ4n) is 3.34. The van der Waals surface area contributed by atoms with Gasteiger partial charge in [0.1, 0.15) is 0 Å². The van der Waals surface area contributed by atoms with E-state index in [1.54, 1.807) is 11.3 Å². The Morgan fingerprint density at radius 2 is 2.09 bits per heavy atom. The van der Waals surface area contributed by atoms with Gasteiger partial charge in [0.05, 0.1) is 4.88 Å². The molecule has 2 heterocycles. The number of nitrogens with one attached hydrogen (secondary N) is 2. The molecule has 1 amide bonds. The van der Waals surface area contributed by atoms with Crippen LogP contribution >= 0.6 is 11.3 Å². The lowest BCUT2D eigenvalue weighted by molar-refractivity contribution is 0.0958. The van der Waals surface area contributed by atoms with Gasteiger partial charge in [0, 0.05) is 28.5 Å². The van der Waals surface area contributed by atoms with Crippen LogP contribution in [0.3, 0.4) is 0 Å². The van der Waals surface area contributed by atoms with Crippen LogP contribution < -0.4 is 5.32 Å². The number of amides is 1. The van der Waals surface area contributed by atoms with Gasteiger partial charge in [-0.15, -0.1) is 11.3 Å². The van der Waals surface area contributed by atoms with Gasteiger partial charge in [0.15, 0.2) is 0 Å². The molecule has 118 valence electrons. The highest BCUT2D eigenvalue weighted by Gasteiger charge is 2.17. The summed E-state index contributed by atoms with van der Waals surface area (Å²) in [6.07, 6.45) is 7.68. The van der Waals surface area contributed by atoms with Crippen molar-refractivity contribution in [3.63, 3.8) is 0 Å². The number of carbonyl (C=O) groups excluding carboxylic acids is 1. The molecule has 1 aliphatic carbocycles.